The van der Waals surface area contributed by atoms with Crippen molar-refractivity contribution < 1.29 is 26.3 Å². The van der Waals surface area contributed by atoms with Crippen LogP contribution in [0.3, 0.4) is 0 Å². The maximum absolute atomic E-state index is 13.2. The fourth-order valence-electron chi connectivity index (χ4n) is 2.73. The molecule has 0 fully saturated rings. The van der Waals surface area contributed by atoms with Gasteiger partial charge in [-0.05, 0) is 30.2 Å². The number of hydrogen-bond acceptors (Lipinski definition) is 7. The second-order valence-electron chi connectivity index (χ2n) is 6.00. The Morgan fingerprint density at radius 3 is 2.63 bits per heavy atom. The third-order valence-corrected chi connectivity index (χ3v) is 7.72. The van der Waals surface area contributed by atoms with Gasteiger partial charge in [0.2, 0.25) is 16.8 Å². The fraction of sp³-hybridized carbons (Fsp3) is 0.353. The van der Waals surface area contributed by atoms with Crippen molar-refractivity contribution in [1.29, 1.82) is 0 Å². The van der Waals surface area contributed by atoms with Crippen LogP contribution in [-0.2, 0) is 19.9 Å². The molecule has 10 heteroatoms. The lowest BCUT2D eigenvalue weighted by Gasteiger charge is -2.19. The number of hydrogen-bond donors (Lipinski definition) is 1. The third-order valence-electron chi connectivity index (χ3n) is 4.06. The highest BCUT2D eigenvalue weighted by atomic mass is 32.2. The van der Waals surface area contributed by atoms with Gasteiger partial charge in [-0.3, -0.25) is 4.98 Å². The topological polar surface area (TPSA) is 112 Å². The van der Waals surface area contributed by atoms with Gasteiger partial charge >= 0.3 is 0 Å². The van der Waals surface area contributed by atoms with Crippen LogP contribution >= 0.6 is 0 Å². The summed E-state index contributed by atoms with van der Waals surface area (Å²) >= 11 is 0. The van der Waals surface area contributed by atoms with E-state index >= 15 is 0 Å². The predicted octanol–water partition coefficient (Wildman–Crippen LogP) is 1.65. The van der Waals surface area contributed by atoms with Gasteiger partial charge in [-0.1, -0.05) is 13.0 Å². The average Bonchev–Trinajstić information content (AvgIpc) is 3.10. The van der Waals surface area contributed by atoms with E-state index in [0.717, 1.165) is 0 Å². The fourth-order valence-corrected chi connectivity index (χ4v) is 5.60. The highest BCUT2D eigenvalue weighted by Gasteiger charge is 2.32. The van der Waals surface area contributed by atoms with E-state index in [0.29, 0.717) is 23.5 Å². The molecule has 0 radical (unpaired) electrons. The van der Waals surface area contributed by atoms with Gasteiger partial charge in [0, 0.05) is 25.0 Å². The molecule has 146 valence electrons. The molecule has 2 aromatic rings. The Labute approximate surface area is 158 Å². The lowest BCUT2D eigenvalue weighted by atomic mass is 10.2. The van der Waals surface area contributed by atoms with Crippen LogP contribution in [0.25, 0.3) is 0 Å². The number of pyridine rings is 1. The van der Waals surface area contributed by atoms with E-state index in [1.54, 1.807) is 19.1 Å². The number of nitrogens with zero attached hydrogens (tertiary/aromatic N) is 1. The summed E-state index contributed by atoms with van der Waals surface area (Å²) in [7, 11) is -7.48. The molecule has 0 amide bonds. The highest BCUT2D eigenvalue weighted by molar-refractivity contribution is 7.92. The molecule has 0 unspecified atom stereocenters. The molecule has 1 atom stereocenters. The van der Waals surface area contributed by atoms with Gasteiger partial charge in [-0.15, -0.1) is 0 Å². The lowest BCUT2D eigenvalue weighted by molar-refractivity contribution is 0.174. The van der Waals surface area contributed by atoms with Gasteiger partial charge in [-0.2, -0.15) is 0 Å². The molecule has 27 heavy (non-hydrogen) atoms. The largest absolute Gasteiger partial charge is 0.454 e. The Morgan fingerprint density at radius 1 is 1.15 bits per heavy atom. The van der Waals surface area contributed by atoms with Crippen LogP contribution in [0.4, 0.5) is 0 Å². The molecule has 0 aliphatic carbocycles. The first-order valence-corrected chi connectivity index (χ1v) is 11.5. The van der Waals surface area contributed by atoms with Gasteiger partial charge in [0.05, 0.1) is 10.6 Å². The van der Waals surface area contributed by atoms with E-state index in [1.807, 2.05) is 0 Å². The van der Waals surface area contributed by atoms with E-state index in [1.165, 1.54) is 30.6 Å². The second-order valence-corrected chi connectivity index (χ2v) is 10.1. The molecule has 0 saturated heterocycles. The van der Waals surface area contributed by atoms with E-state index < -0.39 is 25.1 Å². The number of aromatic nitrogens is 1. The molecular weight excluding hydrogens is 392 g/mol. The van der Waals surface area contributed by atoms with Crippen molar-refractivity contribution in [3.63, 3.8) is 0 Å². The zero-order valence-electron chi connectivity index (χ0n) is 14.7. The number of benzene rings is 1. The average molecular weight is 412 g/mol. The first-order chi connectivity index (χ1) is 12.8. The number of ether oxygens (including phenoxy) is 2. The molecule has 0 spiro atoms. The van der Waals surface area contributed by atoms with E-state index in [2.05, 4.69) is 9.71 Å². The van der Waals surface area contributed by atoms with Crippen molar-refractivity contribution in [3.8, 4) is 11.5 Å². The van der Waals surface area contributed by atoms with Gasteiger partial charge in [0.1, 0.15) is 5.25 Å². The number of sulfonamides is 1. The zero-order chi connectivity index (χ0) is 19.5. The number of nitrogens with one attached hydrogen (secondary N) is 1. The van der Waals surface area contributed by atoms with Crippen molar-refractivity contribution in [1.82, 2.24) is 9.71 Å². The Kier molecular flexibility index (Phi) is 5.68. The van der Waals surface area contributed by atoms with Crippen molar-refractivity contribution in [2.75, 3.05) is 19.1 Å². The van der Waals surface area contributed by atoms with Crippen LogP contribution < -0.4 is 14.2 Å². The van der Waals surface area contributed by atoms with Crippen molar-refractivity contribution in [2.24, 2.45) is 0 Å². The second kappa shape index (κ2) is 7.83. The minimum Gasteiger partial charge on any atom is -0.454 e. The molecule has 1 aliphatic heterocycles. The van der Waals surface area contributed by atoms with Crippen LogP contribution in [0.2, 0.25) is 0 Å². The SMILES string of the molecule is CCCS(=O)(=O)NC[C@H](c1cccnc1)S(=O)(=O)c1ccc2c(c1)OCO2. The molecule has 1 N–H and O–H groups in total. The molecule has 0 bridgehead atoms. The lowest BCUT2D eigenvalue weighted by Crippen LogP contribution is -2.33. The quantitative estimate of drug-likeness (QED) is 0.702. The minimum atomic E-state index is -3.92. The van der Waals surface area contributed by atoms with Gasteiger partial charge < -0.3 is 9.47 Å². The minimum absolute atomic E-state index is 0.0234. The zero-order valence-corrected chi connectivity index (χ0v) is 16.3. The van der Waals surface area contributed by atoms with Gasteiger partial charge in [-0.25, -0.2) is 21.6 Å². The maximum atomic E-state index is 13.2. The first kappa shape index (κ1) is 19.6. The Bertz CT molecular complexity index is 1010. The molecule has 0 saturated carbocycles. The number of sulfone groups is 1. The molecule has 1 aromatic carbocycles. The summed E-state index contributed by atoms with van der Waals surface area (Å²) in [5.74, 6) is 0.736. The Morgan fingerprint density at radius 2 is 1.93 bits per heavy atom. The monoisotopic (exact) mass is 412 g/mol. The van der Waals surface area contributed by atoms with Gasteiger partial charge in [0.25, 0.3) is 0 Å². The smallest absolute Gasteiger partial charge is 0.231 e. The summed E-state index contributed by atoms with van der Waals surface area (Å²) in [5, 5.41) is -1.13. The van der Waals surface area contributed by atoms with Crippen molar-refractivity contribution >= 4 is 19.9 Å². The van der Waals surface area contributed by atoms with Crippen molar-refractivity contribution in [2.45, 2.75) is 23.5 Å². The Hall–Kier alpha value is -2.17. The predicted molar refractivity (Wildman–Crippen MR) is 98.8 cm³/mol. The van der Waals surface area contributed by atoms with Crippen LogP contribution in [-0.4, -0.2) is 40.9 Å². The van der Waals surface area contributed by atoms with E-state index in [4.69, 9.17) is 9.47 Å². The normalized spacial score (nSPS) is 14.9. The standard InChI is InChI=1S/C17H20N2O6S2/c1-2-8-26(20,21)19-11-17(13-4-3-7-18-10-13)27(22,23)14-5-6-15-16(9-14)25-12-24-15/h3-7,9-10,17,19H,2,8,11-12H2,1H3/t17-/m1/s1. The van der Waals surface area contributed by atoms with E-state index in [9.17, 15) is 16.8 Å². The Balaban J connectivity index is 1.96. The number of rotatable bonds is 8. The summed E-state index contributed by atoms with van der Waals surface area (Å²) in [6.45, 7) is 1.48. The molecule has 2 heterocycles. The van der Waals surface area contributed by atoms with Crippen LogP contribution in [0.5, 0.6) is 11.5 Å². The first-order valence-electron chi connectivity index (χ1n) is 8.34. The molecule has 8 nitrogen and oxygen atoms in total. The molecular formula is C17H20N2O6S2. The van der Waals surface area contributed by atoms with Gasteiger partial charge in [0.15, 0.2) is 21.3 Å². The summed E-state index contributed by atoms with van der Waals surface area (Å²) in [6, 6.07) is 7.56. The van der Waals surface area contributed by atoms with Crippen molar-refractivity contribution in [3.05, 3.63) is 48.3 Å². The van der Waals surface area contributed by atoms with Crippen LogP contribution in [0, 0.1) is 0 Å². The number of fused-ring (bicyclic) bond motifs is 1. The molecule has 3 rings (SSSR count). The van der Waals surface area contributed by atoms with Crippen LogP contribution in [0.15, 0.2) is 47.6 Å². The highest BCUT2D eigenvalue weighted by Crippen LogP contribution is 2.37. The van der Waals surface area contributed by atoms with E-state index in [-0.39, 0.29) is 24.0 Å². The molecule has 1 aliphatic rings. The summed E-state index contributed by atoms with van der Waals surface area (Å²) in [5.41, 5.74) is 0.398. The summed E-state index contributed by atoms with van der Waals surface area (Å²) < 4.78 is 63.4. The third kappa shape index (κ3) is 4.40. The summed E-state index contributed by atoms with van der Waals surface area (Å²) in [4.78, 5) is 3.99. The maximum Gasteiger partial charge on any atom is 0.231 e. The summed E-state index contributed by atoms with van der Waals surface area (Å²) in [6.07, 6.45) is 3.38. The molecule has 1 aromatic heterocycles. The van der Waals surface area contributed by atoms with Crippen LogP contribution in [0.1, 0.15) is 24.2 Å².